The molecular weight excluding hydrogens is 234 g/mol. The van der Waals surface area contributed by atoms with Crippen LogP contribution in [-0.2, 0) is 11.2 Å². The van der Waals surface area contributed by atoms with E-state index in [-0.39, 0.29) is 5.91 Å². The molecule has 0 aliphatic heterocycles. The maximum absolute atomic E-state index is 11.7. The van der Waals surface area contributed by atoms with Crippen molar-refractivity contribution in [2.45, 2.75) is 19.8 Å². The molecular formula is C17H19NO. The Balaban J connectivity index is 2.10. The number of benzene rings is 2. The van der Waals surface area contributed by atoms with Gasteiger partial charge in [0.05, 0.1) is 6.42 Å². The van der Waals surface area contributed by atoms with Crippen LogP contribution in [-0.4, -0.2) is 12.5 Å². The Morgan fingerprint density at radius 1 is 1.00 bits per heavy atom. The zero-order valence-corrected chi connectivity index (χ0v) is 11.2. The monoisotopic (exact) mass is 253 g/mol. The van der Waals surface area contributed by atoms with Gasteiger partial charge in [-0.25, -0.2) is 0 Å². The first-order valence-corrected chi connectivity index (χ1v) is 6.70. The predicted octanol–water partition coefficient (Wildman–Crippen LogP) is 3.42. The molecule has 0 saturated heterocycles. The Bertz CT molecular complexity index is 534. The quantitative estimate of drug-likeness (QED) is 0.869. The first-order chi connectivity index (χ1) is 9.29. The third-order valence-electron chi connectivity index (χ3n) is 2.97. The van der Waals surface area contributed by atoms with E-state index in [9.17, 15) is 4.79 Å². The Morgan fingerprint density at radius 2 is 1.74 bits per heavy atom. The summed E-state index contributed by atoms with van der Waals surface area (Å²) in [4.78, 5) is 11.7. The summed E-state index contributed by atoms with van der Waals surface area (Å²) >= 11 is 0. The normalized spacial score (nSPS) is 10.2. The Labute approximate surface area is 114 Å². The number of carbonyl (C=O) groups is 1. The maximum atomic E-state index is 11.7. The molecule has 0 atom stereocenters. The van der Waals surface area contributed by atoms with Crippen LogP contribution in [0.1, 0.15) is 18.9 Å². The zero-order valence-electron chi connectivity index (χ0n) is 11.2. The van der Waals surface area contributed by atoms with E-state index >= 15 is 0 Å². The van der Waals surface area contributed by atoms with E-state index in [4.69, 9.17) is 0 Å². The molecule has 0 heterocycles. The molecule has 2 aromatic rings. The average molecular weight is 253 g/mol. The van der Waals surface area contributed by atoms with Crippen LogP contribution in [0.4, 0.5) is 0 Å². The topological polar surface area (TPSA) is 29.1 Å². The molecule has 2 aromatic carbocycles. The van der Waals surface area contributed by atoms with Crippen molar-refractivity contribution in [3.05, 3.63) is 60.2 Å². The van der Waals surface area contributed by atoms with Crippen molar-refractivity contribution in [1.82, 2.24) is 5.32 Å². The van der Waals surface area contributed by atoms with Gasteiger partial charge in [0.15, 0.2) is 0 Å². The molecule has 98 valence electrons. The SMILES string of the molecule is CCCNC(=O)Cc1cccc(-c2ccccc2)c1. The van der Waals surface area contributed by atoms with Gasteiger partial charge in [-0.3, -0.25) is 4.79 Å². The van der Waals surface area contributed by atoms with Gasteiger partial charge < -0.3 is 5.32 Å². The molecule has 2 heteroatoms. The molecule has 2 nitrogen and oxygen atoms in total. The van der Waals surface area contributed by atoms with Crippen LogP contribution in [0.3, 0.4) is 0 Å². The smallest absolute Gasteiger partial charge is 0.224 e. The minimum atomic E-state index is 0.0899. The highest BCUT2D eigenvalue weighted by atomic mass is 16.1. The summed E-state index contributed by atoms with van der Waals surface area (Å²) in [7, 11) is 0. The van der Waals surface area contributed by atoms with E-state index in [0.717, 1.165) is 24.1 Å². The number of carbonyl (C=O) groups excluding carboxylic acids is 1. The molecule has 1 N–H and O–H groups in total. The third kappa shape index (κ3) is 3.95. The summed E-state index contributed by atoms with van der Waals surface area (Å²) in [5.41, 5.74) is 3.38. The summed E-state index contributed by atoms with van der Waals surface area (Å²) in [5, 5.41) is 2.90. The fourth-order valence-electron chi connectivity index (χ4n) is 2.00. The standard InChI is InChI=1S/C17H19NO/c1-2-11-18-17(19)13-14-7-6-10-16(12-14)15-8-4-3-5-9-15/h3-10,12H,2,11,13H2,1H3,(H,18,19). The highest BCUT2D eigenvalue weighted by molar-refractivity contribution is 5.79. The van der Waals surface area contributed by atoms with Gasteiger partial charge in [0.1, 0.15) is 0 Å². The maximum Gasteiger partial charge on any atom is 0.224 e. The van der Waals surface area contributed by atoms with Crippen molar-refractivity contribution in [2.75, 3.05) is 6.54 Å². The summed E-state index contributed by atoms with van der Waals surface area (Å²) in [6, 6.07) is 18.4. The Hall–Kier alpha value is -2.09. The van der Waals surface area contributed by atoms with Gasteiger partial charge in [0.25, 0.3) is 0 Å². The Morgan fingerprint density at radius 3 is 2.47 bits per heavy atom. The van der Waals surface area contributed by atoms with Crippen LogP contribution < -0.4 is 5.32 Å². The van der Waals surface area contributed by atoms with Crippen LogP contribution in [0.15, 0.2) is 54.6 Å². The van der Waals surface area contributed by atoms with Gasteiger partial charge in [-0.15, -0.1) is 0 Å². The third-order valence-corrected chi connectivity index (χ3v) is 2.97. The predicted molar refractivity (Wildman–Crippen MR) is 78.9 cm³/mol. The first kappa shape index (κ1) is 13.3. The molecule has 0 unspecified atom stereocenters. The molecule has 0 aromatic heterocycles. The number of hydrogen-bond acceptors (Lipinski definition) is 1. The van der Waals surface area contributed by atoms with Gasteiger partial charge in [-0.1, -0.05) is 61.5 Å². The number of nitrogens with one attached hydrogen (secondary N) is 1. The highest BCUT2D eigenvalue weighted by Gasteiger charge is 2.04. The number of amides is 1. The van der Waals surface area contributed by atoms with Crippen LogP contribution in [0, 0.1) is 0 Å². The fourth-order valence-corrected chi connectivity index (χ4v) is 2.00. The minimum absolute atomic E-state index is 0.0899. The van der Waals surface area contributed by atoms with Gasteiger partial charge >= 0.3 is 0 Å². The molecule has 19 heavy (non-hydrogen) atoms. The minimum Gasteiger partial charge on any atom is -0.356 e. The first-order valence-electron chi connectivity index (χ1n) is 6.70. The number of hydrogen-bond donors (Lipinski definition) is 1. The lowest BCUT2D eigenvalue weighted by Crippen LogP contribution is -2.25. The summed E-state index contributed by atoms with van der Waals surface area (Å²) in [5.74, 6) is 0.0899. The van der Waals surface area contributed by atoms with Crippen LogP contribution in [0.5, 0.6) is 0 Å². The molecule has 0 spiro atoms. The fraction of sp³-hybridized carbons (Fsp3) is 0.235. The summed E-state index contributed by atoms with van der Waals surface area (Å²) in [6.45, 7) is 2.80. The molecule has 1 amide bonds. The van der Waals surface area contributed by atoms with E-state index < -0.39 is 0 Å². The van der Waals surface area contributed by atoms with Crippen molar-refractivity contribution >= 4 is 5.91 Å². The second-order valence-electron chi connectivity index (χ2n) is 4.59. The van der Waals surface area contributed by atoms with Crippen molar-refractivity contribution in [3.8, 4) is 11.1 Å². The van der Waals surface area contributed by atoms with Crippen molar-refractivity contribution in [1.29, 1.82) is 0 Å². The Kier molecular flexibility index (Phi) is 4.73. The molecule has 0 aliphatic rings. The second kappa shape index (κ2) is 6.74. The van der Waals surface area contributed by atoms with Crippen LogP contribution in [0.25, 0.3) is 11.1 Å². The molecule has 0 saturated carbocycles. The van der Waals surface area contributed by atoms with E-state index in [0.29, 0.717) is 6.42 Å². The highest BCUT2D eigenvalue weighted by Crippen LogP contribution is 2.20. The van der Waals surface area contributed by atoms with Crippen molar-refractivity contribution in [2.24, 2.45) is 0 Å². The van der Waals surface area contributed by atoms with Gasteiger partial charge in [-0.2, -0.15) is 0 Å². The van der Waals surface area contributed by atoms with E-state index in [1.165, 1.54) is 5.56 Å². The molecule has 0 radical (unpaired) electrons. The summed E-state index contributed by atoms with van der Waals surface area (Å²) < 4.78 is 0. The van der Waals surface area contributed by atoms with Crippen LogP contribution in [0.2, 0.25) is 0 Å². The molecule has 2 rings (SSSR count). The lowest BCUT2D eigenvalue weighted by Gasteiger charge is -2.06. The molecule has 0 bridgehead atoms. The lowest BCUT2D eigenvalue weighted by molar-refractivity contribution is -0.120. The lowest BCUT2D eigenvalue weighted by atomic mass is 10.0. The number of rotatable bonds is 5. The molecule has 0 fully saturated rings. The van der Waals surface area contributed by atoms with Gasteiger partial charge in [0.2, 0.25) is 5.91 Å². The summed E-state index contributed by atoms with van der Waals surface area (Å²) in [6.07, 6.45) is 1.41. The van der Waals surface area contributed by atoms with Gasteiger partial charge in [-0.05, 0) is 23.1 Å². The van der Waals surface area contributed by atoms with Crippen molar-refractivity contribution in [3.63, 3.8) is 0 Å². The second-order valence-corrected chi connectivity index (χ2v) is 4.59. The molecule has 0 aliphatic carbocycles. The van der Waals surface area contributed by atoms with E-state index in [1.54, 1.807) is 0 Å². The van der Waals surface area contributed by atoms with E-state index in [1.807, 2.05) is 30.3 Å². The average Bonchev–Trinajstić information content (AvgIpc) is 2.46. The largest absolute Gasteiger partial charge is 0.356 e. The van der Waals surface area contributed by atoms with Gasteiger partial charge in [0, 0.05) is 6.54 Å². The van der Waals surface area contributed by atoms with E-state index in [2.05, 4.69) is 36.5 Å². The van der Waals surface area contributed by atoms with Crippen molar-refractivity contribution < 1.29 is 4.79 Å². The van der Waals surface area contributed by atoms with Crippen LogP contribution >= 0.6 is 0 Å². The zero-order chi connectivity index (χ0) is 13.5.